The van der Waals surface area contributed by atoms with Crippen LogP contribution in [-0.2, 0) is 17.9 Å². The van der Waals surface area contributed by atoms with E-state index in [2.05, 4.69) is 15.5 Å². The Balaban J connectivity index is 1.91. The number of carbonyl (C=O) groups excluding carboxylic acids is 1. The zero-order valence-electron chi connectivity index (χ0n) is 12.1. The summed E-state index contributed by atoms with van der Waals surface area (Å²) in [7, 11) is 0. The summed E-state index contributed by atoms with van der Waals surface area (Å²) >= 11 is 0. The summed E-state index contributed by atoms with van der Waals surface area (Å²) in [5.41, 5.74) is 5.21. The van der Waals surface area contributed by atoms with Crippen molar-refractivity contribution < 1.29 is 18.0 Å². The van der Waals surface area contributed by atoms with E-state index in [1.54, 1.807) is 0 Å². The highest BCUT2D eigenvalue weighted by Crippen LogP contribution is 2.22. The summed E-state index contributed by atoms with van der Waals surface area (Å²) in [5, 5.41) is 10.4. The third-order valence-corrected chi connectivity index (χ3v) is 3.73. The largest absolute Gasteiger partial charge is 0.408 e. The second-order valence-corrected chi connectivity index (χ2v) is 5.61. The van der Waals surface area contributed by atoms with Crippen LogP contribution in [0.4, 0.5) is 13.2 Å². The van der Waals surface area contributed by atoms with E-state index in [1.807, 2.05) is 4.90 Å². The molecule has 22 heavy (non-hydrogen) atoms. The highest BCUT2D eigenvalue weighted by Gasteiger charge is 2.30. The van der Waals surface area contributed by atoms with Crippen LogP contribution in [0.5, 0.6) is 0 Å². The fraction of sp³-hybridized carbons (Fsp3) is 0.833. The Bertz CT molecular complexity index is 503. The van der Waals surface area contributed by atoms with Crippen LogP contribution in [0, 0.1) is 5.92 Å². The highest BCUT2D eigenvalue weighted by molar-refractivity contribution is 5.73. The molecule has 1 amide bonds. The molecule has 1 aromatic rings. The predicted octanol–water partition coefficient (Wildman–Crippen LogP) is 0.713. The molecule has 1 aromatic heterocycles. The molecule has 0 saturated carbocycles. The number of halogens is 3. The summed E-state index contributed by atoms with van der Waals surface area (Å²) in [6.45, 7) is 0.519. The van der Waals surface area contributed by atoms with Gasteiger partial charge < -0.3 is 5.73 Å². The molecule has 2 N–H and O–H groups in total. The second kappa shape index (κ2) is 7.03. The van der Waals surface area contributed by atoms with Crippen LogP contribution in [-0.4, -0.2) is 50.3 Å². The van der Waals surface area contributed by atoms with E-state index in [0.29, 0.717) is 13.0 Å². The van der Waals surface area contributed by atoms with Crippen LogP contribution in [0.15, 0.2) is 0 Å². The standard InChI is InChI=1S/C12H19F3N6O/c13-12(14,15)8-21-11(17-18-19-21)7-20-4-1-2-9(3-5-20)6-10(16)22/h9H,1-8H2,(H2,16,22). The number of alkyl halides is 3. The molecule has 0 aromatic carbocycles. The van der Waals surface area contributed by atoms with Crippen LogP contribution >= 0.6 is 0 Å². The van der Waals surface area contributed by atoms with Crippen LogP contribution in [0.3, 0.4) is 0 Å². The van der Waals surface area contributed by atoms with Crippen LogP contribution in [0.1, 0.15) is 31.5 Å². The van der Waals surface area contributed by atoms with Gasteiger partial charge in [-0.05, 0) is 48.7 Å². The van der Waals surface area contributed by atoms with Gasteiger partial charge in [-0.1, -0.05) is 0 Å². The van der Waals surface area contributed by atoms with E-state index >= 15 is 0 Å². The monoisotopic (exact) mass is 320 g/mol. The van der Waals surface area contributed by atoms with Gasteiger partial charge >= 0.3 is 6.18 Å². The third-order valence-electron chi connectivity index (χ3n) is 3.73. The predicted molar refractivity (Wildman–Crippen MR) is 70.3 cm³/mol. The van der Waals surface area contributed by atoms with Gasteiger partial charge in [0.05, 0.1) is 6.54 Å². The van der Waals surface area contributed by atoms with Gasteiger partial charge in [0, 0.05) is 6.42 Å². The molecule has 1 aliphatic rings. The molecule has 0 bridgehead atoms. The maximum absolute atomic E-state index is 12.4. The molecule has 1 aliphatic heterocycles. The number of aromatic nitrogens is 4. The molecule has 0 radical (unpaired) electrons. The van der Waals surface area contributed by atoms with Crippen molar-refractivity contribution in [2.24, 2.45) is 11.7 Å². The maximum Gasteiger partial charge on any atom is 0.408 e. The minimum absolute atomic E-state index is 0.200. The Morgan fingerprint density at radius 2 is 2.09 bits per heavy atom. The van der Waals surface area contributed by atoms with Crippen molar-refractivity contribution in [1.29, 1.82) is 0 Å². The van der Waals surface area contributed by atoms with E-state index in [-0.39, 0.29) is 24.2 Å². The number of likely N-dealkylation sites (tertiary alicyclic amines) is 1. The lowest BCUT2D eigenvalue weighted by molar-refractivity contribution is -0.143. The normalized spacial score (nSPS) is 20.8. The zero-order valence-corrected chi connectivity index (χ0v) is 12.1. The Morgan fingerprint density at radius 1 is 1.32 bits per heavy atom. The topological polar surface area (TPSA) is 89.9 Å². The maximum atomic E-state index is 12.4. The Hall–Kier alpha value is -1.71. The molecule has 0 spiro atoms. The molecular formula is C12H19F3N6O. The van der Waals surface area contributed by atoms with E-state index < -0.39 is 12.7 Å². The smallest absolute Gasteiger partial charge is 0.370 e. The number of amides is 1. The number of rotatable bonds is 5. The van der Waals surface area contributed by atoms with Crippen molar-refractivity contribution in [3.63, 3.8) is 0 Å². The summed E-state index contributed by atoms with van der Waals surface area (Å²) in [4.78, 5) is 13.0. The molecule has 124 valence electrons. The average molecular weight is 320 g/mol. The van der Waals surface area contributed by atoms with Gasteiger partial charge in [0.25, 0.3) is 0 Å². The second-order valence-electron chi connectivity index (χ2n) is 5.61. The zero-order chi connectivity index (χ0) is 16.2. The van der Waals surface area contributed by atoms with Crippen molar-refractivity contribution in [3.8, 4) is 0 Å². The number of tetrazole rings is 1. The van der Waals surface area contributed by atoms with E-state index in [4.69, 9.17) is 5.73 Å². The molecule has 2 rings (SSSR count). The van der Waals surface area contributed by atoms with Gasteiger partial charge in [-0.25, -0.2) is 4.68 Å². The minimum Gasteiger partial charge on any atom is -0.370 e. The molecule has 0 aliphatic carbocycles. The van der Waals surface area contributed by atoms with E-state index in [0.717, 1.165) is 30.5 Å². The van der Waals surface area contributed by atoms with Gasteiger partial charge in [-0.2, -0.15) is 13.2 Å². The van der Waals surface area contributed by atoms with Gasteiger partial charge in [0.15, 0.2) is 5.82 Å². The molecule has 1 saturated heterocycles. The lowest BCUT2D eigenvalue weighted by atomic mass is 9.97. The van der Waals surface area contributed by atoms with Crippen LogP contribution in [0.25, 0.3) is 0 Å². The number of hydrogen-bond donors (Lipinski definition) is 1. The van der Waals surface area contributed by atoms with Crippen molar-refractivity contribution in [1.82, 2.24) is 25.1 Å². The lowest BCUT2D eigenvalue weighted by Gasteiger charge is -2.19. The number of nitrogens with zero attached hydrogens (tertiary/aromatic N) is 5. The fourth-order valence-corrected chi connectivity index (χ4v) is 2.70. The Labute approximate surface area is 125 Å². The summed E-state index contributed by atoms with van der Waals surface area (Å²) in [6, 6.07) is 0. The van der Waals surface area contributed by atoms with Gasteiger partial charge in [-0.15, -0.1) is 5.10 Å². The van der Waals surface area contributed by atoms with Crippen LogP contribution < -0.4 is 5.73 Å². The minimum atomic E-state index is -4.35. The first-order valence-corrected chi connectivity index (χ1v) is 7.16. The van der Waals surface area contributed by atoms with E-state index in [1.165, 1.54) is 0 Å². The fourth-order valence-electron chi connectivity index (χ4n) is 2.70. The summed E-state index contributed by atoms with van der Waals surface area (Å²) in [5.74, 6) is 0.131. The first-order chi connectivity index (χ1) is 10.3. The molecule has 1 fully saturated rings. The van der Waals surface area contributed by atoms with Crippen molar-refractivity contribution >= 4 is 5.91 Å². The first-order valence-electron chi connectivity index (χ1n) is 7.16. The number of carbonyl (C=O) groups is 1. The van der Waals surface area contributed by atoms with Crippen molar-refractivity contribution in [3.05, 3.63) is 5.82 Å². The number of nitrogens with two attached hydrogens (primary N) is 1. The van der Waals surface area contributed by atoms with E-state index in [9.17, 15) is 18.0 Å². The van der Waals surface area contributed by atoms with Crippen molar-refractivity contribution in [2.75, 3.05) is 13.1 Å². The SMILES string of the molecule is NC(=O)CC1CCCN(Cc2nnnn2CC(F)(F)F)CC1. The van der Waals surface area contributed by atoms with Gasteiger partial charge in [0.1, 0.15) is 6.54 Å². The average Bonchev–Trinajstić information content (AvgIpc) is 2.67. The highest BCUT2D eigenvalue weighted by atomic mass is 19.4. The number of primary amides is 1. The van der Waals surface area contributed by atoms with Gasteiger partial charge in [0.2, 0.25) is 5.91 Å². The molecule has 1 unspecified atom stereocenters. The van der Waals surface area contributed by atoms with Crippen molar-refractivity contribution in [2.45, 2.75) is 44.9 Å². The summed E-state index contributed by atoms with van der Waals surface area (Å²) in [6.07, 6.45) is -1.43. The Morgan fingerprint density at radius 3 is 2.77 bits per heavy atom. The lowest BCUT2D eigenvalue weighted by Crippen LogP contribution is -2.28. The van der Waals surface area contributed by atoms with Gasteiger partial charge in [-0.3, -0.25) is 9.69 Å². The quantitative estimate of drug-likeness (QED) is 0.863. The first kappa shape index (κ1) is 16.7. The molecule has 7 nitrogen and oxygen atoms in total. The molecular weight excluding hydrogens is 301 g/mol. The molecule has 1 atom stereocenters. The number of hydrogen-bond acceptors (Lipinski definition) is 5. The molecule has 2 heterocycles. The Kier molecular flexibility index (Phi) is 5.33. The van der Waals surface area contributed by atoms with Crippen LogP contribution in [0.2, 0.25) is 0 Å². The third kappa shape index (κ3) is 5.24. The molecule has 10 heteroatoms. The summed E-state index contributed by atoms with van der Waals surface area (Å²) < 4.78 is 38.1.